The average molecular weight is 205 g/mol. The number of rotatable bonds is 5. The quantitative estimate of drug-likeness (QED) is 0.798. The molecule has 0 bridgehead atoms. The zero-order valence-electron chi connectivity index (χ0n) is 9.23. The second kappa shape index (κ2) is 6.17. The Labute approximate surface area is 90.9 Å². The summed E-state index contributed by atoms with van der Waals surface area (Å²) in [5, 5.41) is 2.83. The lowest BCUT2D eigenvalue weighted by Gasteiger charge is -2.08. The smallest absolute Gasteiger partial charge is 0.224 e. The molecule has 1 amide bonds. The van der Waals surface area contributed by atoms with Crippen LogP contribution in [-0.2, 0) is 11.3 Å². The summed E-state index contributed by atoms with van der Waals surface area (Å²) in [5.74, 6) is 0.326. The number of aromatic nitrogens is 1. The van der Waals surface area contributed by atoms with Gasteiger partial charge in [-0.2, -0.15) is 0 Å². The Morgan fingerprint density at radius 2 is 2.47 bits per heavy atom. The Balaban J connectivity index is 2.29. The molecule has 3 nitrogen and oxygen atoms in total. The Hall–Kier alpha value is -1.38. The van der Waals surface area contributed by atoms with Crippen molar-refractivity contribution in [1.82, 2.24) is 10.3 Å². The number of pyridine rings is 1. The second-order valence-corrected chi connectivity index (χ2v) is 3.63. The third-order valence-corrected chi connectivity index (χ3v) is 2.27. The number of carbonyl (C=O) groups is 1. The van der Waals surface area contributed by atoms with E-state index in [1.807, 2.05) is 19.1 Å². The van der Waals surface area contributed by atoms with E-state index in [0.29, 0.717) is 12.5 Å². The summed E-state index contributed by atoms with van der Waals surface area (Å²) in [4.78, 5) is 15.4. The normalized spacial score (nSPS) is 12.1. The van der Waals surface area contributed by atoms with Gasteiger partial charge in [0.15, 0.2) is 0 Å². The van der Waals surface area contributed by atoms with Gasteiger partial charge in [-0.05, 0) is 17.5 Å². The van der Waals surface area contributed by atoms with Crippen molar-refractivity contribution < 1.29 is 4.79 Å². The topological polar surface area (TPSA) is 42.0 Å². The fraction of sp³-hybridized carbons (Fsp3) is 0.417. The molecule has 0 fully saturated rings. The lowest BCUT2D eigenvalue weighted by molar-refractivity contribution is -0.118. The van der Waals surface area contributed by atoms with E-state index in [4.69, 9.17) is 0 Å². The number of hydrogen-bond acceptors (Lipinski definition) is 2. The number of amides is 1. The van der Waals surface area contributed by atoms with Gasteiger partial charge in [-0.1, -0.05) is 26.3 Å². The van der Waals surface area contributed by atoms with Crippen LogP contribution in [0.25, 0.3) is 0 Å². The van der Waals surface area contributed by atoms with Crippen molar-refractivity contribution in [2.24, 2.45) is 5.92 Å². The molecule has 1 atom stereocenters. The molecule has 0 aliphatic rings. The average Bonchev–Trinajstić information content (AvgIpc) is 2.27. The van der Waals surface area contributed by atoms with Gasteiger partial charge in [-0.25, -0.2) is 0 Å². The first-order valence-corrected chi connectivity index (χ1v) is 5.24. The van der Waals surface area contributed by atoms with Crippen LogP contribution in [-0.4, -0.2) is 10.9 Å². The maximum atomic E-state index is 11.4. The Morgan fingerprint density at radius 3 is 3.07 bits per heavy atom. The van der Waals surface area contributed by atoms with Gasteiger partial charge in [0.05, 0.1) is 6.42 Å². The molecule has 0 aromatic carbocycles. The molecule has 81 valence electrons. The van der Waals surface area contributed by atoms with Crippen molar-refractivity contribution in [3.05, 3.63) is 36.5 Å². The molecule has 1 N–H and O–H groups in total. The van der Waals surface area contributed by atoms with Crippen molar-refractivity contribution >= 4 is 5.91 Å². The number of nitrogens with zero attached hydrogens (tertiary/aromatic N) is 1. The first-order chi connectivity index (χ1) is 7.22. The van der Waals surface area contributed by atoms with Crippen molar-refractivity contribution in [2.45, 2.75) is 26.8 Å². The zero-order valence-corrected chi connectivity index (χ0v) is 9.23. The molecule has 0 unspecified atom stereocenters. The predicted molar refractivity (Wildman–Crippen MR) is 59.8 cm³/mol. The Kier molecular flexibility index (Phi) is 4.81. The third kappa shape index (κ3) is 4.58. The van der Waals surface area contributed by atoms with Gasteiger partial charge in [0.1, 0.15) is 0 Å². The molecule has 3 heteroatoms. The van der Waals surface area contributed by atoms with Gasteiger partial charge >= 0.3 is 0 Å². The predicted octanol–water partition coefficient (Wildman–Crippen LogP) is 1.95. The van der Waals surface area contributed by atoms with Crippen LogP contribution in [0.4, 0.5) is 0 Å². The maximum Gasteiger partial charge on any atom is 0.224 e. The Bertz CT molecular complexity index is 298. The number of hydrogen-bond donors (Lipinski definition) is 1. The monoisotopic (exact) mass is 205 g/mol. The molecule has 15 heavy (non-hydrogen) atoms. The van der Waals surface area contributed by atoms with E-state index in [-0.39, 0.29) is 5.91 Å². The molecule has 0 spiro atoms. The van der Waals surface area contributed by atoms with Crippen LogP contribution >= 0.6 is 0 Å². The van der Waals surface area contributed by atoms with E-state index in [1.165, 1.54) is 0 Å². The van der Waals surface area contributed by atoms with E-state index in [1.54, 1.807) is 18.8 Å². The fourth-order valence-electron chi connectivity index (χ4n) is 1.13. The van der Waals surface area contributed by atoms with Gasteiger partial charge < -0.3 is 5.32 Å². The minimum Gasteiger partial charge on any atom is -0.352 e. The van der Waals surface area contributed by atoms with Crippen LogP contribution < -0.4 is 5.32 Å². The molecule has 0 aliphatic carbocycles. The van der Waals surface area contributed by atoms with Gasteiger partial charge in [-0.3, -0.25) is 9.78 Å². The largest absolute Gasteiger partial charge is 0.352 e. The number of carbonyl (C=O) groups excluding carboxylic acids is 1. The molecule has 1 rings (SSSR count). The van der Waals surface area contributed by atoms with E-state index < -0.39 is 0 Å². The first kappa shape index (κ1) is 11.7. The Morgan fingerprint density at radius 1 is 1.67 bits per heavy atom. The third-order valence-electron chi connectivity index (χ3n) is 2.27. The molecule has 1 heterocycles. The van der Waals surface area contributed by atoms with Crippen LogP contribution in [0.15, 0.2) is 24.5 Å². The maximum absolute atomic E-state index is 11.4. The molecular formula is C12H17N2O. The minimum atomic E-state index is -0.00629. The summed E-state index contributed by atoms with van der Waals surface area (Å²) < 4.78 is 0. The lowest BCUT2D eigenvalue weighted by Crippen LogP contribution is -2.25. The van der Waals surface area contributed by atoms with Crippen molar-refractivity contribution in [2.75, 3.05) is 0 Å². The molecular weight excluding hydrogens is 188 g/mol. The molecule has 0 saturated carbocycles. The van der Waals surface area contributed by atoms with Crippen LogP contribution in [0.3, 0.4) is 0 Å². The van der Waals surface area contributed by atoms with Crippen LogP contribution in [0, 0.1) is 12.3 Å². The summed E-state index contributed by atoms with van der Waals surface area (Å²) in [7, 11) is 0. The highest BCUT2D eigenvalue weighted by atomic mass is 16.1. The van der Waals surface area contributed by atoms with Gasteiger partial charge in [0.2, 0.25) is 5.91 Å². The van der Waals surface area contributed by atoms with Crippen molar-refractivity contribution in [3.63, 3.8) is 0 Å². The summed E-state index contributed by atoms with van der Waals surface area (Å²) in [6, 6.07) is 3.80. The SMILES string of the molecule is CC[C@@H](C)[CH]C(=O)NCc1cccnc1. The number of nitrogens with one attached hydrogen (secondary N) is 1. The highest BCUT2D eigenvalue weighted by Gasteiger charge is 2.06. The fourth-order valence-corrected chi connectivity index (χ4v) is 1.13. The molecule has 1 radical (unpaired) electrons. The second-order valence-electron chi connectivity index (χ2n) is 3.63. The zero-order chi connectivity index (χ0) is 11.1. The summed E-state index contributed by atoms with van der Waals surface area (Å²) in [5.41, 5.74) is 1.02. The van der Waals surface area contributed by atoms with E-state index in [2.05, 4.69) is 17.2 Å². The van der Waals surface area contributed by atoms with E-state index >= 15 is 0 Å². The van der Waals surface area contributed by atoms with E-state index in [9.17, 15) is 4.79 Å². The molecule has 0 saturated heterocycles. The van der Waals surface area contributed by atoms with Gasteiger partial charge in [-0.15, -0.1) is 0 Å². The van der Waals surface area contributed by atoms with Gasteiger partial charge in [0, 0.05) is 18.9 Å². The molecule has 0 aliphatic heterocycles. The highest BCUT2D eigenvalue weighted by molar-refractivity contribution is 5.84. The van der Waals surface area contributed by atoms with Crippen molar-refractivity contribution in [3.8, 4) is 0 Å². The van der Waals surface area contributed by atoms with Gasteiger partial charge in [0.25, 0.3) is 0 Å². The van der Waals surface area contributed by atoms with E-state index in [0.717, 1.165) is 12.0 Å². The van der Waals surface area contributed by atoms with Crippen LogP contribution in [0.2, 0.25) is 0 Å². The first-order valence-electron chi connectivity index (χ1n) is 5.24. The summed E-state index contributed by atoms with van der Waals surface area (Å²) in [6.07, 6.45) is 6.18. The summed E-state index contributed by atoms with van der Waals surface area (Å²) >= 11 is 0. The van der Waals surface area contributed by atoms with Crippen molar-refractivity contribution in [1.29, 1.82) is 0 Å². The van der Waals surface area contributed by atoms with Crippen LogP contribution in [0.5, 0.6) is 0 Å². The van der Waals surface area contributed by atoms with Crippen LogP contribution in [0.1, 0.15) is 25.8 Å². The molecule has 1 aromatic heterocycles. The summed E-state index contributed by atoms with van der Waals surface area (Å²) in [6.45, 7) is 4.64. The minimum absolute atomic E-state index is 0.00629. The lowest BCUT2D eigenvalue weighted by atomic mass is 10.1. The molecule has 1 aromatic rings. The standard InChI is InChI=1S/C12H17N2O/c1-3-10(2)7-12(15)14-9-11-5-4-6-13-8-11/h4-8,10H,3,9H2,1-2H3,(H,14,15)/t10-/m1/s1. The highest BCUT2D eigenvalue weighted by Crippen LogP contribution is 2.04.